The van der Waals surface area contributed by atoms with E-state index in [0.717, 1.165) is 15.6 Å². The first-order valence-corrected chi connectivity index (χ1v) is 9.61. The fraction of sp³-hybridized carbons (Fsp3) is 0.0500. The molecule has 2 aromatic carbocycles. The molecule has 128 valence electrons. The number of carbonyl (C=O) groups is 1. The highest BCUT2D eigenvalue weighted by Gasteiger charge is 2.11. The number of aromatic nitrogens is 2. The maximum atomic E-state index is 12.5. The molecule has 2 aromatic heterocycles. The highest BCUT2D eigenvalue weighted by Crippen LogP contribution is 2.22. The molecule has 0 radical (unpaired) electrons. The zero-order valence-electron chi connectivity index (χ0n) is 13.6. The minimum atomic E-state index is -0.184. The lowest BCUT2D eigenvalue weighted by Gasteiger charge is -2.06. The molecule has 0 amide bonds. The maximum absolute atomic E-state index is 12.5. The van der Waals surface area contributed by atoms with Gasteiger partial charge in [0.15, 0.2) is 5.78 Å². The molecule has 0 aliphatic carbocycles. The van der Waals surface area contributed by atoms with Crippen molar-refractivity contribution in [1.29, 1.82) is 0 Å². The molecule has 0 bridgehead atoms. The highest BCUT2D eigenvalue weighted by atomic mass is 79.9. The first kappa shape index (κ1) is 16.9. The maximum Gasteiger partial charge on any atom is 0.262 e. The van der Waals surface area contributed by atoms with E-state index in [1.807, 2.05) is 41.8 Å². The van der Waals surface area contributed by atoms with Gasteiger partial charge in [0.1, 0.15) is 4.83 Å². The number of ketones is 1. The fourth-order valence-electron chi connectivity index (χ4n) is 2.74. The third kappa shape index (κ3) is 3.25. The Labute approximate surface area is 161 Å². The van der Waals surface area contributed by atoms with Crippen molar-refractivity contribution in [1.82, 2.24) is 9.55 Å². The molecule has 26 heavy (non-hydrogen) atoms. The van der Waals surface area contributed by atoms with E-state index in [4.69, 9.17) is 0 Å². The summed E-state index contributed by atoms with van der Waals surface area (Å²) in [5.41, 5.74) is 2.50. The number of hydrogen-bond acceptors (Lipinski definition) is 4. The molecule has 4 rings (SSSR count). The van der Waals surface area contributed by atoms with Crippen LogP contribution >= 0.6 is 27.3 Å². The predicted octanol–water partition coefficient (Wildman–Crippen LogP) is 4.77. The molecule has 0 unspecified atom stereocenters. The first-order valence-electron chi connectivity index (χ1n) is 7.94. The van der Waals surface area contributed by atoms with E-state index in [0.29, 0.717) is 15.8 Å². The zero-order chi connectivity index (χ0) is 18.1. The summed E-state index contributed by atoms with van der Waals surface area (Å²) in [6.07, 6.45) is 1.44. The summed E-state index contributed by atoms with van der Waals surface area (Å²) >= 11 is 4.83. The third-order valence-corrected chi connectivity index (χ3v) is 5.50. The minimum Gasteiger partial charge on any atom is -0.292 e. The molecule has 2 heterocycles. The number of nitrogens with zero attached hydrogens (tertiary/aromatic N) is 2. The van der Waals surface area contributed by atoms with Gasteiger partial charge in [-0.2, -0.15) is 0 Å². The number of carbonyl (C=O) groups excluding carboxylic acids is 1. The molecule has 6 heteroatoms. The Morgan fingerprint density at radius 3 is 2.35 bits per heavy atom. The van der Waals surface area contributed by atoms with E-state index in [9.17, 15) is 9.59 Å². The van der Waals surface area contributed by atoms with E-state index < -0.39 is 0 Å². The molecule has 0 aliphatic rings. The molecule has 0 saturated heterocycles. The van der Waals surface area contributed by atoms with Gasteiger partial charge >= 0.3 is 0 Å². The Balaban J connectivity index is 1.57. The lowest BCUT2D eigenvalue weighted by Crippen LogP contribution is -2.24. The van der Waals surface area contributed by atoms with Crippen molar-refractivity contribution in [3.63, 3.8) is 0 Å². The summed E-state index contributed by atoms with van der Waals surface area (Å²) in [7, 11) is 0. The van der Waals surface area contributed by atoms with E-state index in [-0.39, 0.29) is 17.9 Å². The summed E-state index contributed by atoms with van der Waals surface area (Å²) in [4.78, 5) is 29.9. The molecule has 4 nitrogen and oxygen atoms in total. The van der Waals surface area contributed by atoms with E-state index >= 15 is 0 Å². The predicted molar refractivity (Wildman–Crippen MR) is 108 cm³/mol. The molecule has 4 aromatic rings. The Morgan fingerprint density at radius 1 is 1.00 bits per heavy atom. The van der Waals surface area contributed by atoms with Crippen LogP contribution in [-0.2, 0) is 6.54 Å². The first-order chi connectivity index (χ1) is 12.6. The van der Waals surface area contributed by atoms with Crippen LogP contribution in [0.25, 0.3) is 21.3 Å². The van der Waals surface area contributed by atoms with E-state index in [2.05, 4.69) is 20.9 Å². The summed E-state index contributed by atoms with van der Waals surface area (Å²) < 4.78 is 2.38. The number of halogens is 1. The van der Waals surface area contributed by atoms with Crippen molar-refractivity contribution < 1.29 is 4.79 Å². The Bertz CT molecular complexity index is 1150. The van der Waals surface area contributed by atoms with Crippen molar-refractivity contribution in [2.75, 3.05) is 0 Å². The van der Waals surface area contributed by atoms with Gasteiger partial charge in [-0.05, 0) is 34.7 Å². The van der Waals surface area contributed by atoms with Crippen molar-refractivity contribution in [2.45, 2.75) is 6.54 Å². The minimum absolute atomic E-state index is 0.0186. The van der Waals surface area contributed by atoms with Crippen LogP contribution in [0.1, 0.15) is 10.4 Å². The third-order valence-electron chi connectivity index (χ3n) is 4.15. The lowest BCUT2D eigenvalue weighted by atomic mass is 10.0. The Morgan fingerprint density at radius 2 is 1.65 bits per heavy atom. The van der Waals surface area contributed by atoms with Gasteiger partial charge in [-0.3, -0.25) is 14.2 Å². The van der Waals surface area contributed by atoms with Gasteiger partial charge in [-0.15, -0.1) is 11.3 Å². The summed E-state index contributed by atoms with van der Waals surface area (Å²) in [6.45, 7) is -0.0186. The van der Waals surface area contributed by atoms with Crippen molar-refractivity contribution in [2.24, 2.45) is 0 Å². The van der Waals surface area contributed by atoms with Gasteiger partial charge in [0.25, 0.3) is 5.56 Å². The summed E-state index contributed by atoms with van der Waals surface area (Å²) in [5.74, 6) is -0.120. The standard InChI is InChI=1S/C20H13BrN2O2S/c21-16-7-5-14(6-8-16)13-1-3-15(4-2-13)18(24)11-23-12-22-19-17(20(23)25)9-10-26-19/h1-10,12H,11H2. The lowest BCUT2D eigenvalue weighted by molar-refractivity contribution is 0.0970. The van der Waals surface area contributed by atoms with Crippen LogP contribution in [0, 0.1) is 0 Å². The van der Waals surface area contributed by atoms with Gasteiger partial charge in [0, 0.05) is 10.0 Å². The van der Waals surface area contributed by atoms with Crippen LogP contribution in [0.5, 0.6) is 0 Å². The number of fused-ring (bicyclic) bond motifs is 1. The molecular formula is C20H13BrN2O2S. The quantitative estimate of drug-likeness (QED) is 0.443. The number of hydrogen-bond donors (Lipinski definition) is 0. The van der Waals surface area contributed by atoms with Gasteiger partial charge in [0.2, 0.25) is 0 Å². The van der Waals surface area contributed by atoms with Crippen LogP contribution in [0.4, 0.5) is 0 Å². The van der Waals surface area contributed by atoms with Crippen LogP contribution in [0.15, 0.2) is 75.6 Å². The number of rotatable bonds is 4. The molecule has 0 N–H and O–H groups in total. The van der Waals surface area contributed by atoms with E-state index in [1.54, 1.807) is 18.2 Å². The van der Waals surface area contributed by atoms with Crippen LogP contribution in [0.2, 0.25) is 0 Å². The van der Waals surface area contributed by atoms with Gasteiger partial charge in [0.05, 0.1) is 18.3 Å². The van der Waals surface area contributed by atoms with Gasteiger partial charge in [-0.1, -0.05) is 52.3 Å². The molecular weight excluding hydrogens is 412 g/mol. The van der Waals surface area contributed by atoms with Crippen LogP contribution < -0.4 is 5.56 Å². The average molecular weight is 425 g/mol. The SMILES string of the molecule is O=C(Cn1cnc2sccc2c1=O)c1ccc(-c2ccc(Br)cc2)cc1. The molecule has 0 spiro atoms. The normalized spacial score (nSPS) is 11.0. The second kappa shape index (κ2) is 6.97. The van der Waals surface area contributed by atoms with Gasteiger partial charge < -0.3 is 0 Å². The second-order valence-electron chi connectivity index (χ2n) is 5.82. The van der Waals surface area contributed by atoms with E-state index in [1.165, 1.54) is 22.2 Å². The fourth-order valence-corrected chi connectivity index (χ4v) is 3.73. The number of Topliss-reactive ketones (excluding diaryl/α,β-unsaturated/α-hetero) is 1. The van der Waals surface area contributed by atoms with Gasteiger partial charge in [-0.25, -0.2) is 4.98 Å². The van der Waals surface area contributed by atoms with Crippen molar-refractivity contribution in [3.8, 4) is 11.1 Å². The Hall–Kier alpha value is -2.57. The van der Waals surface area contributed by atoms with Crippen molar-refractivity contribution >= 4 is 43.3 Å². The molecule has 0 atom stereocenters. The van der Waals surface area contributed by atoms with Crippen molar-refractivity contribution in [3.05, 3.63) is 86.7 Å². The monoisotopic (exact) mass is 424 g/mol. The average Bonchev–Trinajstić information content (AvgIpc) is 3.14. The smallest absolute Gasteiger partial charge is 0.262 e. The molecule has 0 saturated carbocycles. The second-order valence-corrected chi connectivity index (χ2v) is 7.63. The highest BCUT2D eigenvalue weighted by molar-refractivity contribution is 9.10. The molecule has 0 aliphatic heterocycles. The number of benzene rings is 2. The molecule has 0 fully saturated rings. The zero-order valence-corrected chi connectivity index (χ0v) is 16.0. The van der Waals surface area contributed by atoms with Crippen LogP contribution in [0.3, 0.4) is 0 Å². The summed E-state index contributed by atoms with van der Waals surface area (Å²) in [6, 6.07) is 17.2. The largest absolute Gasteiger partial charge is 0.292 e. The summed E-state index contributed by atoms with van der Waals surface area (Å²) in [5, 5.41) is 2.38. The van der Waals surface area contributed by atoms with Crippen LogP contribution in [-0.4, -0.2) is 15.3 Å². The number of thiophene rings is 1. The Kier molecular flexibility index (Phi) is 4.53. The topological polar surface area (TPSA) is 52.0 Å².